The second kappa shape index (κ2) is 6.09. The molecule has 0 radical (unpaired) electrons. The molecule has 1 saturated carbocycles. The third-order valence-corrected chi connectivity index (χ3v) is 6.73. The second-order valence-electron chi connectivity index (χ2n) is 7.04. The molecule has 1 heterocycles. The lowest BCUT2D eigenvalue weighted by atomic mass is 9.60. The molecule has 3 nitrogen and oxygen atoms in total. The highest BCUT2D eigenvalue weighted by atomic mass is 32.1. The van der Waals surface area contributed by atoms with E-state index in [9.17, 15) is 4.79 Å². The first kappa shape index (κ1) is 16.5. The smallest absolute Gasteiger partial charge is 0.226 e. The Morgan fingerprint density at radius 3 is 2.71 bits per heavy atom. The van der Waals surface area contributed by atoms with Gasteiger partial charge in [0.05, 0.1) is 6.04 Å². The molecule has 1 aromatic heterocycles. The summed E-state index contributed by atoms with van der Waals surface area (Å²) in [6, 6.07) is 4.49. The van der Waals surface area contributed by atoms with Crippen LogP contribution in [0.5, 0.6) is 0 Å². The maximum atomic E-state index is 13.0. The molecule has 21 heavy (non-hydrogen) atoms. The van der Waals surface area contributed by atoms with Gasteiger partial charge in [0.25, 0.3) is 0 Å². The van der Waals surface area contributed by atoms with Gasteiger partial charge in [-0.1, -0.05) is 26.8 Å². The van der Waals surface area contributed by atoms with Gasteiger partial charge in [-0.15, -0.1) is 11.3 Å². The van der Waals surface area contributed by atoms with Gasteiger partial charge in [-0.2, -0.15) is 0 Å². The van der Waals surface area contributed by atoms with Gasteiger partial charge in [-0.05, 0) is 42.5 Å². The van der Waals surface area contributed by atoms with Gasteiger partial charge >= 0.3 is 0 Å². The summed E-state index contributed by atoms with van der Waals surface area (Å²) in [6.07, 6.45) is 1.85. The molecule has 0 aliphatic heterocycles. The summed E-state index contributed by atoms with van der Waals surface area (Å²) in [4.78, 5) is 16.2. The van der Waals surface area contributed by atoms with E-state index in [2.05, 4.69) is 39.1 Å². The molecule has 0 bridgehead atoms. The summed E-state index contributed by atoms with van der Waals surface area (Å²) in [5.41, 5.74) is 6.16. The van der Waals surface area contributed by atoms with Crippen molar-refractivity contribution in [3.05, 3.63) is 22.4 Å². The van der Waals surface area contributed by atoms with Crippen LogP contribution in [-0.4, -0.2) is 23.9 Å². The molecule has 4 heteroatoms. The van der Waals surface area contributed by atoms with Crippen molar-refractivity contribution in [3.8, 4) is 0 Å². The summed E-state index contributed by atoms with van der Waals surface area (Å²) in [5, 5.41) is 2.07. The summed E-state index contributed by atoms with van der Waals surface area (Å²) in [6.45, 7) is 8.69. The number of hydrogen-bond acceptors (Lipinski definition) is 3. The fourth-order valence-corrected chi connectivity index (χ4v) is 4.27. The van der Waals surface area contributed by atoms with Crippen LogP contribution in [0.15, 0.2) is 17.5 Å². The number of amides is 1. The number of nitrogens with zero attached hydrogens (tertiary/aromatic N) is 1. The molecule has 0 spiro atoms. The van der Waals surface area contributed by atoms with Gasteiger partial charge in [0.2, 0.25) is 5.91 Å². The SMILES string of the molecule is CC(c1cccs1)N(C)C(=O)C1CCC(N)C(C)C1(C)C. The molecular weight excluding hydrogens is 280 g/mol. The first-order chi connectivity index (χ1) is 9.76. The van der Waals surface area contributed by atoms with Crippen LogP contribution in [0.3, 0.4) is 0 Å². The molecule has 0 saturated heterocycles. The van der Waals surface area contributed by atoms with Crippen molar-refractivity contribution in [1.29, 1.82) is 0 Å². The van der Waals surface area contributed by atoms with E-state index in [1.54, 1.807) is 11.3 Å². The Hall–Kier alpha value is -0.870. The summed E-state index contributed by atoms with van der Waals surface area (Å²) in [5.74, 6) is 0.699. The number of hydrogen-bond donors (Lipinski definition) is 1. The van der Waals surface area contributed by atoms with Gasteiger partial charge < -0.3 is 10.6 Å². The van der Waals surface area contributed by atoms with Crippen LogP contribution in [0.25, 0.3) is 0 Å². The first-order valence-corrected chi connectivity index (χ1v) is 8.70. The van der Waals surface area contributed by atoms with Crippen LogP contribution in [-0.2, 0) is 4.79 Å². The zero-order valence-electron chi connectivity index (χ0n) is 13.8. The molecule has 4 atom stereocenters. The highest BCUT2D eigenvalue weighted by Gasteiger charge is 2.46. The van der Waals surface area contributed by atoms with Crippen molar-refractivity contribution >= 4 is 17.2 Å². The summed E-state index contributed by atoms with van der Waals surface area (Å²) in [7, 11) is 1.93. The summed E-state index contributed by atoms with van der Waals surface area (Å²) < 4.78 is 0. The fraction of sp³-hybridized carbons (Fsp3) is 0.706. The molecule has 2 N–H and O–H groups in total. The molecule has 118 valence electrons. The quantitative estimate of drug-likeness (QED) is 0.926. The Morgan fingerprint density at radius 1 is 1.48 bits per heavy atom. The van der Waals surface area contributed by atoms with Gasteiger partial charge in [-0.3, -0.25) is 4.79 Å². The topological polar surface area (TPSA) is 46.3 Å². The van der Waals surface area contributed by atoms with Gasteiger partial charge in [0.1, 0.15) is 0 Å². The normalized spacial score (nSPS) is 29.9. The highest BCUT2D eigenvalue weighted by molar-refractivity contribution is 7.10. The Balaban J connectivity index is 2.15. The van der Waals surface area contributed by atoms with Gasteiger partial charge in [-0.25, -0.2) is 0 Å². The third kappa shape index (κ3) is 3.02. The molecule has 4 unspecified atom stereocenters. The predicted molar refractivity (Wildman–Crippen MR) is 89.1 cm³/mol. The van der Waals surface area contributed by atoms with Crippen LogP contribution in [0.2, 0.25) is 0 Å². The van der Waals surface area contributed by atoms with E-state index in [1.165, 1.54) is 4.88 Å². The van der Waals surface area contributed by atoms with Crippen LogP contribution >= 0.6 is 11.3 Å². The number of carbonyl (C=O) groups is 1. The van der Waals surface area contributed by atoms with Crippen LogP contribution in [0, 0.1) is 17.3 Å². The minimum absolute atomic E-state index is 0.0435. The van der Waals surface area contributed by atoms with Gasteiger partial charge in [0, 0.05) is 23.9 Å². The number of nitrogens with two attached hydrogens (primary N) is 1. The zero-order valence-corrected chi connectivity index (χ0v) is 14.6. The largest absolute Gasteiger partial charge is 0.338 e. The lowest BCUT2D eigenvalue weighted by Gasteiger charge is -2.47. The fourth-order valence-electron chi connectivity index (χ4n) is 3.45. The van der Waals surface area contributed by atoms with Crippen molar-refractivity contribution in [2.45, 2.75) is 52.6 Å². The van der Waals surface area contributed by atoms with Crippen molar-refractivity contribution in [2.24, 2.45) is 23.0 Å². The number of rotatable bonds is 3. The maximum absolute atomic E-state index is 13.0. The van der Waals surface area contributed by atoms with E-state index in [-0.39, 0.29) is 29.3 Å². The average Bonchev–Trinajstić information content (AvgIpc) is 2.97. The molecule has 1 aliphatic rings. The Morgan fingerprint density at radius 2 is 2.14 bits per heavy atom. The molecule has 1 aromatic rings. The zero-order chi connectivity index (χ0) is 15.8. The first-order valence-electron chi connectivity index (χ1n) is 7.82. The highest BCUT2D eigenvalue weighted by Crippen LogP contribution is 2.45. The molecule has 1 aliphatic carbocycles. The number of carbonyl (C=O) groups excluding carboxylic acids is 1. The second-order valence-corrected chi connectivity index (χ2v) is 8.02. The van der Waals surface area contributed by atoms with E-state index in [0.717, 1.165) is 12.8 Å². The minimum atomic E-state index is -0.0435. The van der Waals surface area contributed by atoms with Crippen molar-refractivity contribution in [1.82, 2.24) is 4.90 Å². The van der Waals surface area contributed by atoms with E-state index in [1.807, 2.05) is 18.0 Å². The molecular formula is C17H28N2OS. The lowest BCUT2D eigenvalue weighted by molar-refractivity contribution is -0.144. The van der Waals surface area contributed by atoms with Crippen LogP contribution < -0.4 is 5.73 Å². The van der Waals surface area contributed by atoms with Crippen molar-refractivity contribution in [3.63, 3.8) is 0 Å². The monoisotopic (exact) mass is 308 g/mol. The Kier molecular flexibility index (Phi) is 4.79. The lowest BCUT2D eigenvalue weighted by Crippen LogP contribution is -2.52. The minimum Gasteiger partial charge on any atom is -0.338 e. The molecule has 0 aromatic carbocycles. The van der Waals surface area contributed by atoms with Crippen LogP contribution in [0.1, 0.15) is 51.5 Å². The van der Waals surface area contributed by atoms with Crippen molar-refractivity contribution < 1.29 is 4.79 Å². The van der Waals surface area contributed by atoms with Crippen molar-refractivity contribution in [2.75, 3.05) is 7.05 Å². The Bertz CT molecular complexity index is 483. The van der Waals surface area contributed by atoms with E-state index in [0.29, 0.717) is 5.92 Å². The Labute approximate surface area is 132 Å². The van der Waals surface area contributed by atoms with Gasteiger partial charge in [0.15, 0.2) is 0 Å². The molecule has 1 amide bonds. The van der Waals surface area contributed by atoms with E-state index in [4.69, 9.17) is 5.73 Å². The number of thiophene rings is 1. The predicted octanol–water partition coefficient (Wildman–Crippen LogP) is 3.67. The average molecular weight is 308 g/mol. The van der Waals surface area contributed by atoms with E-state index < -0.39 is 0 Å². The standard InChI is InChI=1S/C17H28N2OS/c1-11-14(18)9-8-13(17(11,3)4)16(20)19(5)12(2)15-7-6-10-21-15/h6-7,10-14H,8-9,18H2,1-5H3. The molecule has 2 rings (SSSR count). The van der Waals surface area contributed by atoms with E-state index >= 15 is 0 Å². The molecule has 1 fully saturated rings. The maximum Gasteiger partial charge on any atom is 0.226 e. The third-order valence-electron chi connectivity index (χ3n) is 5.68. The summed E-state index contributed by atoms with van der Waals surface area (Å²) >= 11 is 1.71. The van der Waals surface area contributed by atoms with Crippen LogP contribution in [0.4, 0.5) is 0 Å².